The molecule has 2 aromatic heterocycles. The highest BCUT2D eigenvalue weighted by Gasteiger charge is 2.15. The van der Waals surface area contributed by atoms with Crippen molar-refractivity contribution in [2.75, 3.05) is 5.32 Å². The molecule has 0 fully saturated rings. The Hall–Kier alpha value is -2.22. The highest BCUT2D eigenvalue weighted by Crippen LogP contribution is 2.15. The van der Waals surface area contributed by atoms with Gasteiger partial charge in [-0.25, -0.2) is 9.78 Å². The van der Waals surface area contributed by atoms with Gasteiger partial charge in [0.1, 0.15) is 4.88 Å². The van der Waals surface area contributed by atoms with Crippen molar-refractivity contribution in [3.05, 3.63) is 28.5 Å². The van der Waals surface area contributed by atoms with Crippen LogP contribution in [0.4, 0.5) is 5.69 Å². The van der Waals surface area contributed by atoms with E-state index >= 15 is 0 Å². The number of anilines is 1. The van der Waals surface area contributed by atoms with E-state index in [1.807, 2.05) is 6.92 Å². The number of nitrogens with zero attached hydrogens (tertiary/aromatic N) is 3. The van der Waals surface area contributed by atoms with Gasteiger partial charge >= 0.3 is 5.97 Å². The first-order chi connectivity index (χ1) is 8.60. The molecule has 8 heteroatoms. The number of carbonyl (C=O) groups is 2. The molecular weight excluding hydrogens is 256 g/mol. The van der Waals surface area contributed by atoms with Gasteiger partial charge in [-0.15, -0.1) is 11.3 Å². The molecule has 0 aromatic carbocycles. The average Bonchev–Trinajstić information content (AvgIpc) is 2.97. The molecule has 1 amide bonds. The number of hydrogen-bond donors (Lipinski definition) is 2. The first-order valence-electron chi connectivity index (χ1n) is 5.13. The number of hydrogen-bond acceptors (Lipinski definition) is 5. The second-order valence-corrected chi connectivity index (χ2v) is 4.40. The lowest BCUT2D eigenvalue weighted by Crippen LogP contribution is -2.09. The van der Waals surface area contributed by atoms with Crippen LogP contribution in [0.25, 0.3) is 0 Å². The van der Waals surface area contributed by atoms with E-state index in [2.05, 4.69) is 15.4 Å². The second kappa shape index (κ2) is 4.96. The van der Waals surface area contributed by atoms with Crippen LogP contribution in [-0.4, -0.2) is 31.7 Å². The van der Waals surface area contributed by atoms with E-state index in [4.69, 9.17) is 5.11 Å². The van der Waals surface area contributed by atoms with Crippen molar-refractivity contribution >= 4 is 28.9 Å². The van der Waals surface area contributed by atoms with Crippen molar-refractivity contribution in [2.24, 2.45) is 0 Å². The minimum absolute atomic E-state index is 0.107. The van der Waals surface area contributed by atoms with E-state index in [9.17, 15) is 9.59 Å². The normalized spacial score (nSPS) is 10.3. The second-order valence-electron chi connectivity index (χ2n) is 3.37. The Morgan fingerprint density at radius 2 is 2.28 bits per heavy atom. The fraction of sp³-hybridized carbons (Fsp3) is 0.200. The van der Waals surface area contributed by atoms with Crippen molar-refractivity contribution in [2.45, 2.75) is 13.5 Å². The summed E-state index contributed by atoms with van der Waals surface area (Å²) in [7, 11) is 0. The Morgan fingerprint density at radius 1 is 1.50 bits per heavy atom. The van der Waals surface area contributed by atoms with Crippen LogP contribution in [0.2, 0.25) is 0 Å². The topological polar surface area (TPSA) is 97.1 Å². The lowest BCUT2D eigenvalue weighted by Gasteiger charge is -1.98. The van der Waals surface area contributed by atoms with E-state index in [-0.39, 0.29) is 9.88 Å². The summed E-state index contributed by atoms with van der Waals surface area (Å²) in [6, 6.07) is 0. The van der Waals surface area contributed by atoms with Gasteiger partial charge < -0.3 is 10.4 Å². The summed E-state index contributed by atoms with van der Waals surface area (Å²) < 4.78 is 1.67. The smallest absolute Gasteiger partial charge is 0.365 e. The van der Waals surface area contributed by atoms with Crippen LogP contribution >= 0.6 is 11.3 Å². The molecule has 7 nitrogen and oxygen atoms in total. The molecule has 0 radical (unpaired) electrons. The maximum absolute atomic E-state index is 11.8. The molecule has 94 valence electrons. The number of rotatable bonds is 4. The predicted molar refractivity (Wildman–Crippen MR) is 64.9 cm³/mol. The third-order valence-corrected chi connectivity index (χ3v) is 3.11. The SMILES string of the molecule is CCn1cc(NC(=O)c2cnc(C(=O)O)s2)cn1. The fourth-order valence-corrected chi connectivity index (χ4v) is 1.92. The van der Waals surface area contributed by atoms with Gasteiger partial charge in [-0.1, -0.05) is 0 Å². The molecule has 0 saturated heterocycles. The molecule has 0 aliphatic rings. The average molecular weight is 266 g/mol. The molecule has 0 atom stereocenters. The van der Waals surface area contributed by atoms with E-state index in [1.54, 1.807) is 10.9 Å². The quantitative estimate of drug-likeness (QED) is 0.869. The van der Waals surface area contributed by atoms with E-state index in [0.717, 1.165) is 11.3 Å². The predicted octanol–water partition coefficient (Wildman–Crippen LogP) is 1.31. The number of amides is 1. The minimum atomic E-state index is -1.14. The summed E-state index contributed by atoms with van der Waals surface area (Å²) in [5.74, 6) is -1.53. The van der Waals surface area contributed by atoms with Gasteiger partial charge in [-0.05, 0) is 6.92 Å². The van der Waals surface area contributed by atoms with Gasteiger partial charge in [0.05, 0.1) is 18.1 Å². The molecule has 2 heterocycles. The van der Waals surface area contributed by atoms with Crippen molar-refractivity contribution in [1.29, 1.82) is 0 Å². The monoisotopic (exact) mass is 266 g/mol. The zero-order valence-electron chi connectivity index (χ0n) is 9.45. The van der Waals surface area contributed by atoms with E-state index < -0.39 is 11.9 Å². The first kappa shape index (κ1) is 12.2. The van der Waals surface area contributed by atoms with Gasteiger partial charge in [0.25, 0.3) is 5.91 Å². The van der Waals surface area contributed by atoms with Crippen molar-refractivity contribution in [3.8, 4) is 0 Å². The van der Waals surface area contributed by atoms with Crippen LogP contribution in [0, 0.1) is 0 Å². The third-order valence-electron chi connectivity index (χ3n) is 2.13. The Bertz CT molecular complexity index is 589. The van der Waals surface area contributed by atoms with Crippen molar-refractivity contribution in [3.63, 3.8) is 0 Å². The fourth-order valence-electron chi connectivity index (χ4n) is 1.27. The van der Waals surface area contributed by atoms with Crippen molar-refractivity contribution in [1.82, 2.24) is 14.8 Å². The van der Waals surface area contributed by atoms with Gasteiger partial charge in [0.2, 0.25) is 5.01 Å². The number of carbonyl (C=O) groups excluding carboxylic acids is 1. The highest BCUT2D eigenvalue weighted by molar-refractivity contribution is 7.15. The molecule has 0 aliphatic carbocycles. The Labute approximate surface area is 106 Å². The summed E-state index contributed by atoms with van der Waals surface area (Å²) in [5.41, 5.74) is 0.562. The lowest BCUT2D eigenvalue weighted by molar-refractivity contribution is 0.0696. The van der Waals surface area contributed by atoms with Crippen LogP contribution < -0.4 is 5.32 Å². The molecule has 2 rings (SSSR count). The molecule has 18 heavy (non-hydrogen) atoms. The first-order valence-corrected chi connectivity index (χ1v) is 5.94. The molecule has 0 spiro atoms. The molecule has 2 aromatic rings. The standard InChI is InChI=1S/C10H10N4O3S/c1-2-14-5-6(3-12-14)13-8(15)7-4-11-9(18-7)10(16)17/h3-5H,2H2,1H3,(H,13,15)(H,16,17). The molecule has 0 bridgehead atoms. The zero-order chi connectivity index (χ0) is 13.1. The number of aromatic carboxylic acids is 1. The van der Waals surface area contributed by atoms with Crippen LogP contribution in [-0.2, 0) is 6.54 Å². The summed E-state index contributed by atoms with van der Waals surface area (Å²) in [4.78, 5) is 26.3. The molecule has 0 saturated carbocycles. The van der Waals surface area contributed by atoms with Gasteiger partial charge in [0.15, 0.2) is 0 Å². The van der Waals surface area contributed by atoms with Crippen LogP contribution in [0.15, 0.2) is 18.6 Å². The number of carboxylic acids is 1. The Balaban J connectivity index is 2.09. The van der Waals surface area contributed by atoms with Crippen LogP contribution in [0.5, 0.6) is 0 Å². The number of thiazole rings is 1. The van der Waals surface area contributed by atoms with E-state index in [0.29, 0.717) is 12.2 Å². The summed E-state index contributed by atoms with van der Waals surface area (Å²) in [6.07, 6.45) is 4.46. The Morgan fingerprint density at radius 3 is 2.83 bits per heavy atom. The largest absolute Gasteiger partial charge is 0.476 e. The van der Waals surface area contributed by atoms with Gasteiger partial charge in [0, 0.05) is 12.7 Å². The summed E-state index contributed by atoms with van der Waals surface area (Å²) in [5, 5.41) is 15.2. The maximum atomic E-state index is 11.8. The number of nitrogens with one attached hydrogen (secondary N) is 1. The zero-order valence-corrected chi connectivity index (χ0v) is 10.3. The van der Waals surface area contributed by atoms with Crippen molar-refractivity contribution < 1.29 is 14.7 Å². The molecular formula is C10H10N4O3S. The summed E-state index contributed by atoms with van der Waals surface area (Å²) in [6.45, 7) is 2.64. The number of carboxylic acid groups (broad SMARTS) is 1. The summed E-state index contributed by atoms with van der Waals surface area (Å²) >= 11 is 0.831. The maximum Gasteiger partial charge on any atom is 0.365 e. The van der Waals surface area contributed by atoms with Crippen LogP contribution in [0.3, 0.4) is 0 Å². The Kier molecular flexibility index (Phi) is 3.38. The lowest BCUT2D eigenvalue weighted by atomic mass is 10.4. The van der Waals surface area contributed by atoms with Gasteiger partial charge in [-0.3, -0.25) is 9.48 Å². The molecule has 0 unspecified atom stereocenters. The number of aromatic nitrogens is 3. The molecule has 0 aliphatic heterocycles. The molecule has 2 N–H and O–H groups in total. The number of aryl methyl sites for hydroxylation is 1. The highest BCUT2D eigenvalue weighted by atomic mass is 32.1. The van der Waals surface area contributed by atoms with Crippen LogP contribution in [0.1, 0.15) is 26.4 Å². The minimum Gasteiger partial charge on any atom is -0.476 e. The van der Waals surface area contributed by atoms with Gasteiger partial charge in [-0.2, -0.15) is 5.10 Å². The van der Waals surface area contributed by atoms with E-state index in [1.165, 1.54) is 12.4 Å². The third kappa shape index (κ3) is 2.54.